The van der Waals surface area contributed by atoms with Crippen molar-refractivity contribution in [3.63, 3.8) is 0 Å². The average molecular weight is 256 g/mol. The zero-order valence-electron chi connectivity index (χ0n) is 10.0. The molecule has 17 heavy (non-hydrogen) atoms. The van der Waals surface area contributed by atoms with E-state index in [2.05, 4.69) is 5.32 Å². The van der Waals surface area contributed by atoms with Crippen molar-refractivity contribution in [3.8, 4) is 0 Å². The largest absolute Gasteiger partial charge is 0.313 e. The molecule has 0 aromatic heterocycles. The molecule has 1 aromatic rings. The molecule has 0 spiro atoms. The molecule has 0 aliphatic heterocycles. The van der Waals surface area contributed by atoms with Crippen LogP contribution in [0.1, 0.15) is 37.7 Å². The second-order valence-electron chi connectivity index (χ2n) is 4.86. The number of hydrogen-bond acceptors (Lipinski definition) is 1. The van der Waals surface area contributed by atoms with E-state index in [1.807, 2.05) is 6.07 Å². The highest BCUT2D eigenvalue weighted by atomic mass is 35.5. The molecule has 1 fully saturated rings. The van der Waals surface area contributed by atoms with Gasteiger partial charge < -0.3 is 5.32 Å². The van der Waals surface area contributed by atoms with Crippen LogP contribution in [0.3, 0.4) is 0 Å². The van der Waals surface area contributed by atoms with E-state index >= 15 is 0 Å². The Kier molecular flexibility index (Phi) is 4.81. The first kappa shape index (κ1) is 12.8. The Labute approximate surface area is 107 Å². The first-order valence-corrected chi connectivity index (χ1v) is 6.78. The van der Waals surface area contributed by atoms with E-state index in [9.17, 15) is 4.39 Å². The van der Waals surface area contributed by atoms with Crippen molar-refractivity contribution in [2.45, 2.75) is 38.6 Å². The van der Waals surface area contributed by atoms with E-state index in [0.717, 1.165) is 24.6 Å². The van der Waals surface area contributed by atoms with Crippen molar-refractivity contribution in [3.05, 3.63) is 34.6 Å². The van der Waals surface area contributed by atoms with Gasteiger partial charge in [-0.15, -0.1) is 0 Å². The van der Waals surface area contributed by atoms with Crippen LogP contribution < -0.4 is 5.32 Å². The highest BCUT2D eigenvalue weighted by molar-refractivity contribution is 6.30. The molecule has 0 amide bonds. The molecule has 0 bridgehead atoms. The molecular weight excluding hydrogens is 237 g/mol. The molecule has 1 nitrogen and oxygen atoms in total. The molecule has 2 rings (SSSR count). The zero-order valence-corrected chi connectivity index (χ0v) is 10.8. The van der Waals surface area contributed by atoms with Crippen molar-refractivity contribution >= 4 is 11.6 Å². The molecule has 3 heteroatoms. The number of halogens is 2. The number of nitrogens with one attached hydrogen (secondary N) is 1. The first-order chi connectivity index (χ1) is 8.25. The van der Waals surface area contributed by atoms with E-state index in [0.29, 0.717) is 0 Å². The third-order valence-corrected chi connectivity index (χ3v) is 3.82. The third kappa shape index (κ3) is 3.97. The van der Waals surface area contributed by atoms with Crippen LogP contribution in [-0.2, 0) is 6.54 Å². The van der Waals surface area contributed by atoms with Crippen LogP contribution in [0.25, 0.3) is 0 Å². The molecule has 1 aliphatic rings. The predicted molar refractivity (Wildman–Crippen MR) is 69.7 cm³/mol. The summed E-state index contributed by atoms with van der Waals surface area (Å²) in [6.07, 6.45) is 6.81. The fourth-order valence-corrected chi connectivity index (χ4v) is 2.61. The summed E-state index contributed by atoms with van der Waals surface area (Å²) in [5.74, 6) is 0.575. The van der Waals surface area contributed by atoms with Crippen LogP contribution >= 0.6 is 11.6 Å². The van der Waals surface area contributed by atoms with Gasteiger partial charge in [0.15, 0.2) is 0 Å². The van der Waals surface area contributed by atoms with Gasteiger partial charge in [0.1, 0.15) is 5.82 Å². The quantitative estimate of drug-likeness (QED) is 0.780. The standard InChI is InChI=1S/C14H19ClFN/c15-13-6-5-12(9-14(13)16)10-17-8-7-11-3-1-2-4-11/h5-6,9,11,17H,1-4,7-8,10H2. The summed E-state index contributed by atoms with van der Waals surface area (Å²) in [6, 6.07) is 4.99. The summed E-state index contributed by atoms with van der Waals surface area (Å²) in [5, 5.41) is 3.56. The SMILES string of the molecule is Fc1cc(CNCCC2CCCC2)ccc1Cl. The van der Waals surface area contributed by atoms with Gasteiger partial charge in [-0.25, -0.2) is 4.39 Å². The minimum atomic E-state index is -0.332. The van der Waals surface area contributed by atoms with E-state index in [4.69, 9.17) is 11.6 Å². The second-order valence-corrected chi connectivity index (χ2v) is 5.27. The Morgan fingerprint density at radius 3 is 2.76 bits per heavy atom. The molecule has 0 atom stereocenters. The van der Waals surface area contributed by atoms with Crippen molar-refractivity contribution in [2.75, 3.05) is 6.54 Å². The monoisotopic (exact) mass is 255 g/mol. The van der Waals surface area contributed by atoms with Crippen LogP contribution in [0.5, 0.6) is 0 Å². The molecule has 0 saturated heterocycles. The highest BCUT2D eigenvalue weighted by Gasteiger charge is 2.13. The average Bonchev–Trinajstić information content (AvgIpc) is 2.82. The maximum Gasteiger partial charge on any atom is 0.142 e. The van der Waals surface area contributed by atoms with Gasteiger partial charge in [-0.2, -0.15) is 0 Å². The second kappa shape index (κ2) is 6.36. The lowest BCUT2D eigenvalue weighted by atomic mass is 10.0. The summed E-state index contributed by atoms with van der Waals surface area (Å²) in [4.78, 5) is 0. The molecule has 1 aliphatic carbocycles. The smallest absolute Gasteiger partial charge is 0.142 e. The van der Waals surface area contributed by atoms with E-state index < -0.39 is 0 Å². The molecule has 1 N–H and O–H groups in total. The van der Waals surface area contributed by atoms with Gasteiger partial charge in [-0.05, 0) is 36.6 Å². The van der Waals surface area contributed by atoms with Gasteiger partial charge in [0.25, 0.3) is 0 Å². The van der Waals surface area contributed by atoms with Crippen LogP contribution in [-0.4, -0.2) is 6.54 Å². The predicted octanol–water partition coefficient (Wildman–Crippen LogP) is 4.15. The summed E-state index contributed by atoms with van der Waals surface area (Å²) in [6.45, 7) is 1.75. The third-order valence-electron chi connectivity index (χ3n) is 3.52. The number of benzene rings is 1. The molecule has 0 heterocycles. The van der Waals surface area contributed by atoms with Gasteiger partial charge in [0, 0.05) is 6.54 Å². The molecule has 94 valence electrons. The topological polar surface area (TPSA) is 12.0 Å². The Bertz CT molecular complexity index is 361. The lowest BCUT2D eigenvalue weighted by Crippen LogP contribution is -2.17. The fourth-order valence-electron chi connectivity index (χ4n) is 2.49. The first-order valence-electron chi connectivity index (χ1n) is 6.40. The summed E-state index contributed by atoms with van der Waals surface area (Å²) in [5.41, 5.74) is 0.957. The molecule has 0 radical (unpaired) electrons. The number of hydrogen-bond donors (Lipinski definition) is 1. The van der Waals surface area contributed by atoms with Crippen molar-refractivity contribution in [1.29, 1.82) is 0 Å². The lowest BCUT2D eigenvalue weighted by Gasteiger charge is -2.10. The van der Waals surface area contributed by atoms with Gasteiger partial charge in [-0.3, -0.25) is 0 Å². The van der Waals surface area contributed by atoms with Crippen molar-refractivity contribution < 1.29 is 4.39 Å². The number of rotatable bonds is 5. The van der Waals surface area contributed by atoms with Gasteiger partial charge >= 0.3 is 0 Å². The maximum atomic E-state index is 13.2. The van der Waals surface area contributed by atoms with Gasteiger partial charge in [-0.1, -0.05) is 43.4 Å². The normalized spacial score (nSPS) is 16.6. The van der Waals surface area contributed by atoms with Crippen molar-refractivity contribution in [2.24, 2.45) is 5.92 Å². The van der Waals surface area contributed by atoms with Crippen LogP contribution in [0.2, 0.25) is 5.02 Å². The molecule has 0 unspecified atom stereocenters. The Morgan fingerprint density at radius 2 is 2.06 bits per heavy atom. The molecule has 1 aromatic carbocycles. The van der Waals surface area contributed by atoms with E-state index in [1.165, 1.54) is 38.2 Å². The van der Waals surface area contributed by atoms with Gasteiger partial charge in [0.2, 0.25) is 0 Å². The molecular formula is C14H19ClFN. The fraction of sp³-hybridized carbons (Fsp3) is 0.571. The zero-order chi connectivity index (χ0) is 12.1. The Hall–Kier alpha value is -0.600. The lowest BCUT2D eigenvalue weighted by molar-refractivity contribution is 0.477. The summed E-state index contributed by atoms with van der Waals surface area (Å²) in [7, 11) is 0. The van der Waals surface area contributed by atoms with E-state index in [1.54, 1.807) is 6.07 Å². The van der Waals surface area contributed by atoms with Crippen LogP contribution in [0.15, 0.2) is 18.2 Å². The summed E-state index contributed by atoms with van der Waals surface area (Å²) >= 11 is 5.63. The van der Waals surface area contributed by atoms with Crippen LogP contribution in [0, 0.1) is 11.7 Å². The van der Waals surface area contributed by atoms with Crippen LogP contribution in [0.4, 0.5) is 4.39 Å². The Balaban J connectivity index is 1.68. The minimum Gasteiger partial charge on any atom is -0.313 e. The Morgan fingerprint density at radius 1 is 1.29 bits per heavy atom. The minimum absolute atomic E-state index is 0.194. The summed E-state index contributed by atoms with van der Waals surface area (Å²) < 4.78 is 13.2. The maximum absolute atomic E-state index is 13.2. The molecule has 1 saturated carbocycles. The highest BCUT2D eigenvalue weighted by Crippen LogP contribution is 2.26. The van der Waals surface area contributed by atoms with Crippen molar-refractivity contribution in [1.82, 2.24) is 5.32 Å². The van der Waals surface area contributed by atoms with Gasteiger partial charge in [0.05, 0.1) is 5.02 Å². The van der Waals surface area contributed by atoms with E-state index in [-0.39, 0.29) is 10.8 Å².